The molecule has 3 aromatic rings. The first-order valence-electron chi connectivity index (χ1n) is 9.85. The van der Waals surface area contributed by atoms with Crippen LogP contribution in [0.15, 0.2) is 96.7 Å². The summed E-state index contributed by atoms with van der Waals surface area (Å²) >= 11 is 6.11. The lowest BCUT2D eigenvalue weighted by Gasteiger charge is -2.11. The molecule has 0 fully saturated rings. The Hall–Kier alpha value is -3.96. The highest BCUT2D eigenvalue weighted by atomic mass is 35.5. The van der Waals surface area contributed by atoms with Crippen LogP contribution < -0.4 is 10.6 Å². The van der Waals surface area contributed by atoms with Gasteiger partial charge in [0.25, 0.3) is 11.8 Å². The van der Waals surface area contributed by atoms with E-state index in [1.54, 1.807) is 54.6 Å². The molecule has 0 unspecified atom stereocenters. The molecule has 6 heteroatoms. The molecule has 0 atom stereocenters. The first-order chi connectivity index (χ1) is 15.4. The van der Waals surface area contributed by atoms with Crippen molar-refractivity contribution in [2.75, 3.05) is 5.32 Å². The van der Waals surface area contributed by atoms with Crippen molar-refractivity contribution in [3.63, 3.8) is 0 Å². The summed E-state index contributed by atoms with van der Waals surface area (Å²) in [5.41, 5.74) is 2.27. The van der Waals surface area contributed by atoms with Crippen LogP contribution >= 0.6 is 11.6 Å². The highest BCUT2D eigenvalue weighted by Gasteiger charge is 2.16. The number of carbonyl (C=O) groups is 3. The maximum Gasteiger partial charge on any atom is 0.272 e. The zero-order valence-electron chi connectivity index (χ0n) is 17.3. The van der Waals surface area contributed by atoms with E-state index in [9.17, 15) is 14.4 Å². The van der Waals surface area contributed by atoms with E-state index in [4.69, 9.17) is 11.6 Å². The SMILES string of the molecule is CC(=O)c1ccc(NC(=O)/C(=C\C=C\c2ccccc2)NC(=O)c2ccccc2Cl)cc1. The summed E-state index contributed by atoms with van der Waals surface area (Å²) in [6, 6.07) is 22.6. The Morgan fingerprint density at radius 2 is 1.50 bits per heavy atom. The molecule has 5 nitrogen and oxygen atoms in total. The van der Waals surface area contributed by atoms with Crippen molar-refractivity contribution in [2.45, 2.75) is 6.92 Å². The monoisotopic (exact) mass is 444 g/mol. The van der Waals surface area contributed by atoms with Gasteiger partial charge in [0, 0.05) is 11.3 Å². The van der Waals surface area contributed by atoms with Gasteiger partial charge in [-0.05, 0) is 55.0 Å². The smallest absolute Gasteiger partial charge is 0.272 e. The van der Waals surface area contributed by atoms with Crippen molar-refractivity contribution in [3.05, 3.63) is 118 Å². The molecule has 0 saturated carbocycles. The number of hydrogen-bond donors (Lipinski definition) is 2. The van der Waals surface area contributed by atoms with E-state index >= 15 is 0 Å². The zero-order valence-corrected chi connectivity index (χ0v) is 18.1. The third kappa shape index (κ3) is 6.27. The summed E-state index contributed by atoms with van der Waals surface area (Å²) in [5.74, 6) is -1.09. The number of halogens is 1. The van der Waals surface area contributed by atoms with Crippen LogP contribution in [0, 0.1) is 0 Å². The molecule has 3 aromatic carbocycles. The summed E-state index contributed by atoms with van der Waals surface area (Å²) < 4.78 is 0. The van der Waals surface area contributed by atoms with Crippen LogP contribution in [-0.4, -0.2) is 17.6 Å². The van der Waals surface area contributed by atoms with Crippen molar-refractivity contribution in [3.8, 4) is 0 Å². The Bertz CT molecular complexity index is 1180. The van der Waals surface area contributed by atoms with Crippen molar-refractivity contribution in [1.29, 1.82) is 0 Å². The van der Waals surface area contributed by atoms with E-state index in [0.29, 0.717) is 11.3 Å². The minimum Gasteiger partial charge on any atom is -0.321 e. The van der Waals surface area contributed by atoms with Gasteiger partial charge in [-0.15, -0.1) is 0 Å². The maximum atomic E-state index is 12.9. The summed E-state index contributed by atoms with van der Waals surface area (Å²) in [4.78, 5) is 37.0. The summed E-state index contributed by atoms with van der Waals surface area (Å²) in [7, 11) is 0. The largest absolute Gasteiger partial charge is 0.321 e. The van der Waals surface area contributed by atoms with Crippen LogP contribution in [0.25, 0.3) is 6.08 Å². The molecule has 0 radical (unpaired) electrons. The number of amides is 2. The molecule has 0 bridgehead atoms. The number of ketones is 1. The summed E-state index contributed by atoms with van der Waals surface area (Å²) in [6.45, 7) is 1.47. The number of carbonyl (C=O) groups excluding carboxylic acids is 3. The molecule has 0 aromatic heterocycles. The van der Waals surface area contributed by atoms with Gasteiger partial charge in [-0.3, -0.25) is 14.4 Å². The van der Waals surface area contributed by atoms with Crippen LogP contribution in [-0.2, 0) is 4.79 Å². The van der Waals surface area contributed by atoms with Crippen molar-refractivity contribution >= 4 is 41.0 Å². The van der Waals surface area contributed by atoms with Crippen LogP contribution in [0.3, 0.4) is 0 Å². The van der Waals surface area contributed by atoms with Crippen molar-refractivity contribution in [1.82, 2.24) is 5.32 Å². The molecule has 2 N–H and O–H groups in total. The second-order valence-electron chi connectivity index (χ2n) is 6.87. The number of nitrogens with one attached hydrogen (secondary N) is 2. The van der Waals surface area contributed by atoms with Gasteiger partial charge in [0.05, 0.1) is 10.6 Å². The molecular weight excluding hydrogens is 424 g/mol. The summed E-state index contributed by atoms with van der Waals surface area (Å²) in [5, 5.41) is 5.64. The number of benzene rings is 3. The van der Waals surface area contributed by atoms with E-state index in [1.807, 2.05) is 36.4 Å². The lowest BCUT2D eigenvalue weighted by Crippen LogP contribution is -2.31. The van der Waals surface area contributed by atoms with Gasteiger partial charge >= 0.3 is 0 Å². The predicted octanol–water partition coefficient (Wildman–Crippen LogP) is 5.51. The molecule has 0 aliphatic rings. The quantitative estimate of drug-likeness (QED) is 0.286. The lowest BCUT2D eigenvalue weighted by molar-refractivity contribution is -0.113. The van der Waals surface area contributed by atoms with E-state index in [1.165, 1.54) is 13.0 Å². The fourth-order valence-corrected chi connectivity index (χ4v) is 3.04. The lowest BCUT2D eigenvalue weighted by atomic mass is 10.1. The van der Waals surface area contributed by atoms with E-state index in [-0.39, 0.29) is 22.1 Å². The topological polar surface area (TPSA) is 75.3 Å². The minimum absolute atomic E-state index is 0.0396. The maximum absolute atomic E-state index is 12.9. The van der Waals surface area contributed by atoms with Crippen LogP contribution in [0.5, 0.6) is 0 Å². The molecule has 0 aliphatic carbocycles. The van der Waals surface area contributed by atoms with Crippen LogP contribution in [0.1, 0.15) is 33.2 Å². The fraction of sp³-hybridized carbons (Fsp3) is 0.0385. The van der Waals surface area contributed by atoms with E-state index in [0.717, 1.165) is 5.56 Å². The molecular formula is C26H21ClN2O3. The Balaban J connectivity index is 1.83. The van der Waals surface area contributed by atoms with Gasteiger partial charge in [-0.25, -0.2) is 0 Å². The molecule has 32 heavy (non-hydrogen) atoms. The number of allylic oxidation sites excluding steroid dienone is 2. The number of hydrogen-bond acceptors (Lipinski definition) is 3. The average Bonchev–Trinajstić information content (AvgIpc) is 2.79. The molecule has 0 aliphatic heterocycles. The van der Waals surface area contributed by atoms with Gasteiger partial charge in [0.1, 0.15) is 5.70 Å². The normalized spacial score (nSPS) is 11.2. The second kappa shape index (κ2) is 10.9. The molecule has 2 amide bonds. The molecule has 0 spiro atoms. The Morgan fingerprint density at radius 3 is 2.16 bits per heavy atom. The predicted molar refractivity (Wildman–Crippen MR) is 128 cm³/mol. The molecule has 3 rings (SSSR count). The summed E-state index contributed by atoms with van der Waals surface area (Å²) in [6.07, 6.45) is 5.01. The number of anilines is 1. The minimum atomic E-state index is -0.515. The third-order valence-corrected chi connectivity index (χ3v) is 4.84. The van der Waals surface area contributed by atoms with Gasteiger partial charge in [0.15, 0.2) is 5.78 Å². The zero-order chi connectivity index (χ0) is 22.9. The Labute approximate surface area is 191 Å². The van der Waals surface area contributed by atoms with Gasteiger partial charge in [0.2, 0.25) is 0 Å². The highest BCUT2D eigenvalue weighted by Crippen LogP contribution is 2.16. The molecule has 0 saturated heterocycles. The number of Topliss-reactive ketones (excluding diaryl/α,β-unsaturated/α-hetero) is 1. The Morgan fingerprint density at radius 1 is 0.844 bits per heavy atom. The van der Waals surface area contributed by atoms with Crippen LogP contribution in [0.2, 0.25) is 5.02 Å². The highest BCUT2D eigenvalue weighted by molar-refractivity contribution is 6.34. The van der Waals surface area contributed by atoms with Gasteiger partial charge in [-0.2, -0.15) is 0 Å². The number of rotatable bonds is 7. The van der Waals surface area contributed by atoms with Crippen molar-refractivity contribution in [2.24, 2.45) is 0 Å². The van der Waals surface area contributed by atoms with Crippen molar-refractivity contribution < 1.29 is 14.4 Å². The standard InChI is InChI=1S/C26H21ClN2O3/c1-18(30)20-14-16-21(17-15-20)28-26(32)24(13-7-10-19-8-3-2-4-9-19)29-25(31)22-11-5-6-12-23(22)27/h2-17H,1H3,(H,28,32)(H,29,31)/b10-7+,24-13+. The Kier molecular flexibility index (Phi) is 7.73. The fourth-order valence-electron chi connectivity index (χ4n) is 2.82. The first-order valence-corrected chi connectivity index (χ1v) is 10.2. The van der Waals surface area contributed by atoms with Crippen LogP contribution in [0.4, 0.5) is 5.69 Å². The second-order valence-corrected chi connectivity index (χ2v) is 7.28. The van der Waals surface area contributed by atoms with E-state index < -0.39 is 11.8 Å². The van der Waals surface area contributed by atoms with Gasteiger partial charge < -0.3 is 10.6 Å². The molecule has 0 heterocycles. The van der Waals surface area contributed by atoms with Gasteiger partial charge in [-0.1, -0.05) is 66.2 Å². The first kappa shape index (κ1) is 22.7. The third-order valence-electron chi connectivity index (χ3n) is 4.51. The molecule has 160 valence electrons. The van der Waals surface area contributed by atoms with E-state index in [2.05, 4.69) is 10.6 Å². The average molecular weight is 445 g/mol.